The molecular weight excluding hydrogens is 285 g/mol. The highest BCUT2D eigenvalue weighted by molar-refractivity contribution is 7.99. The van der Waals surface area contributed by atoms with Crippen molar-refractivity contribution < 1.29 is 9.18 Å². The number of nitrogens with one attached hydrogen (secondary N) is 1. The standard InChI is InChI=1S/C14H11ClFNOS/c15-9-14(18)17-11-3-7-13(8-4-11)19-12-5-1-10(16)2-6-12/h1-8H,9H2,(H,17,18). The van der Waals surface area contributed by atoms with Crippen molar-refractivity contribution >= 4 is 35.0 Å². The van der Waals surface area contributed by atoms with E-state index >= 15 is 0 Å². The molecule has 0 aliphatic rings. The third-order valence-electron chi connectivity index (χ3n) is 2.31. The first-order valence-corrected chi connectivity index (χ1v) is 6.92. The summed E-state index contributed by atoms with van der Waals surface area (Å²) in [6.07, 6.45) is 0. The highest BCUT2D eigenvalue weighted by Gasteiger charge is 2.01. The third kappa shape index (κ3) is 4.26. The van der Waals surface area contributed by atoms with Gasteiger partial charge in [-0.15, -0.1) is 11.6 Å². The van der Waals surface area contributed by atoms with Gasteiger partial charge in [-0.1, -0.05) is 11.8 Å². The Labute approximate surface area is 120 Å². The van der Waals surface area contributed by atoms with Crippen molar-refractivity contribution in [1.29, 1.82) is 0 Å². The normalized spacial score (nSPS) is 10.2. The molecule has 0 unspecified atom stereocenters. The van der Waals surface area contributed by atoms with Crippen molar-refractivity contribution in [2.75, 3.05) is 11.2 Å². The quantitative estimate of drug-likeness (QED) is 0.858. The Bertz CT molecular complexity index is 557. The van der Waals surface area contributed by atoms with Gasteiger partial charge in [0.05, 0.1) is 0 Å². The molecule has 0 saturated heterocycles. The summed E-state index contributed by atoms with van der Waals surface area (Å²) < 4.78 is 12.8. The molecule has 0 spiro atoms. The van der Waals surface area contributed by atoms with Gasteiger partial charge in [-0.05, 0) is 48.5 Å². The molecule has 19 heavy (non-hydrogen) atoms. The molecule has 0 heterocycles. The number of anilines is 1. The van der Waals surface area contributed by atoms with E-state index in [-0.39, 0.29) is 17.6 Å². The summed E-state index contributed by atoms with van der Waals surface area (Å²) >= 11 is 6.93. The minimum absolute atomic E-state index is 0.0634. The van der Waals surface area contributed by atoms with Crippen molar-refractivity contribution in [2.45, 2.75) is 9.79 Å². The summed E-state index contributed by atoms with van der Waals surface area (Å²) in [5.41, 5.74) is 0.703. The van der Waals surface area contributed by atoms with Gasteiger partial charge in [0.25, 0.3) is 0 Å². The van der Waals surface area contributed by atoms with Crippen LogP contribution in [0, 0.1) is 5.82 Å². The van der Waals surface area contributed by atoms with E-state index in [1.165, 1.54) is 23.9 Å². The fourth-order valence-electron chi connectivity index (χ4n) is 1.44. The molecule has 98 valence electrons. The van der Waals surface area contributed by atoms with Crippen LogP contribution in [-0.2, 0) is 4.79 Å². The van der Waals surface area contributed by atoms with Crippen LogP contribution in [0.2, 0.25) is 0 Å². The Kier molecular flexibility index (Phi) is 4.82. The Morgan fingerprint density at radius 2 is 1.58 bits per heavy atom. The van der Waals surface area contributed by atoms with Crippen LogP contribution in [0.1, 0.15) is 0 Å². The summed E-state index contributed by atoms with van der Waals surface area (Å²) in [7, 11) is 0. The molecule has 0 saturated carbocycles. The Morgan fingerprint density at radius 3 is 2.11 bits per heavy atom. The fourth-order valence-corrected chi connectivity index (χ4v) is 2.32. The highest BCUT2D eigenvalue weighted by atomic mass is 35.5. The number of carbonyl (C=O) groups excluding carboxylic acids is 1. The molecule has 5 heteroatoms. The van der Waals surface area contributed by atoms with Crippen LogP contribution in [0.25, 0.3) is 0 Å². The Morgan fingerprint density at radius 1 is 1.05 bits per heavy atom. The van der Waals surface area contributed by atoms with Crippen LogP contribution in [0.15, 0.2) is 58.3 Å². The van der Waals surface area contributed by atoms with Gasteiger partial charge in [0.2, 0.25) is 5.91 Å². The topological polar surface area (TPSA) is 29.1 Å². The molecule has 0 aliphatic carbocycles. The summed E-state index contributed by atoms with van der Waals surface area (Å²) in [4.78, 5) is 13.1. The maximum atomic E-state index is 12.8. The minimum Gasteiger partial charge on any atom is -0.325 e. The molecule has 2 aromatic rings. The zero-order valence-corrected chi connectivity index (χ0v) is 11.5. The number of halogens is 2. The van der Waals surface area contributed by atoms with Gasteiger partial charge >= 0.3 is 0 Å². The minimum atomic E-state index is -0.247. The van der Waals surface area contributed by atoms with E-state index in [0.29, 0.717) is 5.69 Å². The average Bonchev–Trinajstić information content (AvgIpc) is 2.43. The van der Waals surface area contributed by atoms with E-state index < -0.39 is 0 Å². The lowest BCUT2D eigenvalue weighted by Crippen LogP contribution is -2.12. The largest absolute Gasteiger partial charge is 0.325 e. The number of benzene rings is 2. The lowest BCUT2D eigenvalue weighted by atomic mass is 10.3. The fraction of sp³-hybridized carbons (Fsp3) is 0.0714. The lowest BCUT2D eigenvalue weighted by Gasteiger charge is -2.05. The zero-order valence-electron chi connectivity index (χ0n) is 9.90. The van der Waals surface area contributed by atoms with Gasteiger partial charge in [0, 0.05) is 15.5 Å². The molecule has 1 amide bonds. The van der Waals surface area contributed by atoms with Crippen LogP contribution >= 0.6 is 23.4 Å². The number of carbonyl (C=O) groups is 1. The molecule has 0 radical (unpaired) electrons. The van der Waals surface area contributed by atoms with Crippen molar-refractivity contribution in [3.05, 3.63) is 54.3 Å². The second-order valence-electron chi connectivity index (χ2n) is 3.76. The number of hydrogen-bond donors (Lipinski definition) is 1. The molecule has 2 nitrogen and oxygen atoms in total. The summed E-state index contributed by atoms with van der Waals surface area (Å²) in [5.74, 6) is -0.546. The number of alkyl halides is 1. The monoisotopic (exact) mass is 295 g/mol. The number of amides is 1. The van der Waals surface area contributed by atoms with Crippen molar-refractivity contribution in [3.8, 4) is 0 Å². The van der Waals surface area contributed by atoms with Crippen molar-refractivity contribution in [1.82, 2.24) is 0 Å². The molecule has 2 rings (SSSR count). The van der Waals surface area contributed by atoms with Gasteiger partial charge in [0.15, 0.2) is 0 Å². The maximum Gasteiger partial charge on any atom is 0.239 e. The summed E-state index contributed by atoms with van der Waals surface area (Å²) in [5, 5.41) is 2.66. The van der Waals surface area contributed by atoms with Crippen LogP contribution in [0.3, 0.4) is 0 Å². The molecule has 0 fully saturated rings. The number of rotatable bonds is 4. The molecule has 0 bridgehead atoms. The first-order valence-electron chi connectivity index (χ1n) is 5.56. The van der Waals surface area contributed by atoms with E-state index in [9.17, 15) is 9.18 Å². The van der Waals surface area contributed by atoms with Crippen LogP contribution < -0.4 is 5.32 Å². The van der Waals surface area contributed by atoms with E-state index in [4.69, 9.17) is 11.6 Å². The zero-order chi connectivity index (χ0) is 13.7. The first-order chi connectivity index (χ1) is 9.17. The van der Waals surface area contributed by atoms with Gasteiger partial charge in [0.1, 0.15) is 11.7 Å². The van der Waals surface area contributed by atoms with E-state index in [1.807, 2.05) is 12.1 Å². The molecule has 1 N–H and O–H groups in total. The second kappa shape index (κ2) is 6.59. The van der Waals surface area contributed by atoms with Gasteiger partial charge in [-0.25, -0.2) is 4.39 Å². The van der Waals surface area contributed by atoms with Crippen LogP contribution in [0.4, 0.5) is 10.1 Å². The molecule has 0 atom stereocenters. The van der Waals surface area contributed by atoms with E-state index in [1.54, 1.807) is 24.3 Å². The van der Waals surface area contributed by atoms with Crippen LogP contribution in [-0.4, -0.2) is 11.8 Å². The summed E-state index contributed by atoms with van der Waals surface area (Å²) in [6.45, 7) is 0. The average molecular weight is 296 g/mol. The molecule has 0 aromatic heterocycles. The van der Waals surface area contributed by atoms with Crippen LogP contribution in [0.5, 0.6) is 0 Å². The van der Waals surface area contributed by atoms with E-state index in [2.05, 4.69) is 5.32 Å². The predicted octanol–water partition coefficient (Wildman–Crippen LogP) is 4.15. The SMILES string of the molecule is O=C(CCl)Nc1ccc(Sc2ccc(F)cc2)cc1. The Hall–Kier alpha value is -1.52. The molecule has 2 aromatic carbocycles. The second-order valence-corrected chi connectivity index (χ2v) is 5.18. The van der Waals surface area contributed by atoms with Crippen molar-refractivity contribution in [2.24, 2.45) is 0 Å². The molecule has 0 aliphatic heterocycles. The third-order valence-corrected chi connectivity index (χ3v) is 3.57. The van der Waals surface area contributed by atoms with Gasteiger partial charge in [-0.3, -0.25) is 4.79 Å². The molecular formula is C14H11ClFNOS. The van der Waals surface area contributed by atoms with Crippen molar-refractivity contribution in [3.63, 3.8) is 0 Å². The smallest absolute Gasteiger partial charge is 0.239 e. The van der Waals surface area contributed by atoms with Gasteiger partial charge < -0.3 is 5.32 Å². The summed E-state index contributed by atoms with van der Waals surface area (Å²) in [6, 6.07) is 13.7. The van der Waals surface area contributed by atoms with E-state index in [0.717, 1.165) is 9.79 Å². The highest BCUT2D eigenvalue weighted by Crippen LogP contribution is 2.28. The number of hydrogen-bond acceptors (Lipinski definition) is 2. The maximum absolute atomic E-state index is 12.8. The lowest BCUT2D eigenvalue weighted by molar-refractivity contribution is -0.113. The first kappa shape index (κ1) is 13.9. The Balaban J connectivity index is 2.02. The predicted molar refractivity (Wildman–Crippen MR) is 76.3 cm³/mol. The van der Waals surface area contributed by atoms with Gasteiger partial charge in [-0.2, -0.15) is 0 Å².